The first kappa shape index (κ1) is 52.1. The van der Waals surface area contributed by atoms with Crippen molar-refractivity contribution in [2.75, 3.05) is 41.0 Å². The van der Waals surface area contributed by atoms with Gasteiger partial charge in [-0.05, 0) is 38.5 Å². The number of ether oxygens (including phenoxy) is 3. The lowest BCUT2D eigenvalue weighted by Crippen LogP contribution is -2.50. The van der Waals surface area contributed by atoms with Gasteiger partial charge in [-0.3, -0.25) is 9.59 Å². The molecule has 0 aliphatic heterocycles. The number of carboxylic acid groups (broad SMARTS) is 1. The molecule has 0 saturated heterocycles. The van der Waals surface area contributed by atoms with Gasteiger partial charge in [-0.2, -0.15) is 0 Å². The molecule has 8 heteroatoms. The zero-order valence-corrected chi connectivity index (χ0v) is 36.2. The van der Waals surface area contributed by atoms with E-state index in [4.69, 9.17) is 14.2 Å². The van der Waals surface area contributed by atoms with Gasteiger partial charge in [0.05, 0.1) is 34.4 Å². The van der Waals surface area contributed by atoms with Gasteiger partial charge in [0, 0.05) is 19.3 Å². The van der Waals surface area contributed by atoms with Gasteiger partial charge in [0.25, 0.3) is 0 Å². The maximum atomic E-state index is 12.7. The Labute approximate surface area is 333 Å². The normalized spacial score (nSPS) is 13.0. The molecule has 0 aromatic rings. The van der Waals surface area contributed by atoms with Crippen LogP contribution in [-0.4, -0.2) is 80.6 Å². The van der Waals surface area contributed by atoms with Crippen molar-refractivity contribution in [1.29, 1.82) is 0 Å². The number of unbranched alkanes of at least 4 members (excludes halogenated alkanes) is 25. The first-order valence-corrected chi connectivity index (χ1v) is 22.7. The van der Waals surface area contributed by atoms with Crippen molar-refractivity contribution in [3.05, 3.63) is 12.2 Å². The van der Waals surface area contributed by atoms with Crippen LogP contribution < -0.4 is 0 Å². The molecule has 318 valence electrons. The number of esters is 2. The Morgan fingerprint density at radius 1 is 0.537 bits per heavy atom. The number of hydrogen-bond donors (Lipinski definition) is 1. The maximum Gasteiger partial charge on any atom is 0.362 e. The third-order valence-electron chi connectivity index (χ3n) is 10.4. The molecule has 0 rings (SSSR count). The van der Waals surface area contributed by atoms with E-state index in [9.17, 15) is 19.5 Å². The number of carbonyl (C=O) groups is 3. The summed E-state index contributed by atoms with van der Waals surface area (Å²) in [5.74, 6) is -1.46. The quantitative estimate of drug-likeness (QED) is 0.0286. The Morgan fingerprint density at radius 3 is 1.33 bits per heavy atom. The number of carboxylic acids is 1. The van der Waals surface area contributed by atoms with Crippen molar-refractivity contribution in [3.8, 4) is 0 Å². The van der Waals surface area contributed by atoms with E-state index >= 15 is 0 Å². The average Bonchev–Trinajstić information content (AvgIpc) is 3.12. The summed E-state index contributed by atoms with van der Waals surface area (Å²) >= 11 is 0. The predicted molar refractivity (Wildman–Crippen MR) is 225 cm³/mol. The lowest BCUT2D eigenvalue weighted by atomic mass is 10.1. The average molecular weight is 767 g/mol. The van der Waals surface area contributed by atoms with Crippen LogP contribution in [0.2, 0.25) is 0 Å². The number of carbonyl (C=O) groups excluding carboxylic acids is 2. The lowest BCUT2D eigenvalue weighted by molar-refractivity contribution is -0.887. The van der Waals surface area contributed by atoms with E-state index in [1.165, 1.54) is 141 Å². The van der Waals surface area contributed by atoms with E-state index < -0.39 is 18.1 Å². The third-order valence-corrected chi connectivity index (χ3v) is 10.4. The van der Waals surface area contributed by atoms with Gasteiger partial charge < -0.3 is 23.8 Å². The molecule has 2 atom stereocenters. The van der Waals surface area contributed by atoms with E-state index in [-0.39, 0.29) is 36.2 Å². The van der Waals surface area contributed by atoms with Crippen molar-refractivity contribution in [1.82, 2.24) is 0 Å². The summed E-state index contributed by atoms with van der Waals surface area (Å²) in [6.07, 6.45) is 39.7. The summed E-state index contributed by atoms with van der Waals surface area (Å²) in [5.41, 5.74) is 0. The highest BCUT2D eigenvalue weighted by Crippen LogP contribution is 2.15. The fourth-order valence-corrected chi connectivity index (χ4v) is 6.85. The second-order valence-electron chi connectivity index (χ2n) is 16.7. The monoisotopic (exact) mass is 767 g/mol. The summed E-state index contributed by atoms with van der Waals surface area (Å²) in [6, 6.07) is -0.610. The van der Waals surface area contributed by atoms with E-state index in [2.05, 4.69) is 26.0 Å². The Bertz CT molecular complexity index is 900. The summed E-state index contributed by atoms with van der Waals surface area (Å²) in [4.78, 5) is 36.9. The predicted octanol–water partition coefficient (Wildman–Crippen LogP) is 12.3. The van der Waals surface area contributed by atoms with Gasteiger partial charge in [-0.15, -0.1) is 0 Å². The Kier molecular flexibility index (Phi) is 36.6. The van der Waals surface area contributed by atoms with Gasteiger partial charge in [0.2, 0.25) is 0 Å². The van der Waals surface area contributed by atoms with Crippen LogP contribution >= 0.6 is 0 Å². The van der Waals surface area contributed by atoms with Crippen molar-refractivity contribution < 1.29 is 38.2 Å². The number of allylic oxidation sites excluding steroid dienone is 2. The van der Waals surface area contributed by atoms with Crippen LogP contribution in [0.25, 0.3) is 0 Å². The molecule has 0 aliphatic rings. The smallest absolute Gasteiger partial charge is 0.362 e. The molecular formula is C46H88NO7+. The lowest BCUT2D eigenvalue weighted by Gasteiger charge is -2.31. The van der Waals surface area contributed by atoms with Crippen LogP contribution in [0.1, 0.15) is 213 Å². The van der Waals surface area contributed by atoms with Crippen molar-refractivity contribution >= 4 is 17.9 Å². The van der Waals surface area contributed by atoms with Gasteiger partial charge >= 0.3 is 17.9 Å². The maximum absolute atomic E-state index is 12.7. The Hall–Kier alpha value is -1.93. The highest BCUT2D eigenvalue weighted by Gasteiger charge is 2.31. The van der Waals surface area contributed by atoms with Gasteiger partial charge in [0.1, 0.15) is 6.61 Å². The minimum atomic E-state index is -0.873. The van der Waals surface area contributed by atoms with Crippen LogP contribution in [-0.2, 0) is 28.6 Å². The van der Waals surface area contributed by atoms with Gasteiger partial charge in [-0.25, -0.2) is 4.79 Å². The number of likely N-dealkylation sites (N-methyl/N-ethyl adjacent to an activating group) is 1. The highest BCUT2D eigenvalue weighted by atomic mass is 16.6. The molecule has 0 aromatic heterocycles. The van der Waals surface area contributed by atoms with Gasteiger partial charge in [0.15, 0.2) is 12.1 Å². The molecule has 0 radical (unpaired) electrons. The first-order chi connectivity index (χ1) is 26.1. The van der Waals surface area contributed by atoms with Gasteiger partial charge in [-0.1, -0.05) is 167 Å². The Balaban J connectivity index is 4.25. The molecule has 1 N–H and O–H groups in total. The molecule has 0 heterocycles. The number of rotatable bonds is 41. The minimum Gasteiger partial charge on any atom is -0.477 e. The SMILES string of the molecule is CCCCCCCCCC/C=C/CCCCCCCCCC(=O)OCC(COCCC(C(=O)O)[N+](C)(C)C)OC(=O)CCCCCCCCCCCCC. The van der Waals surface area contributed by atoms with E-state index in [1.54, 1.807) is 0 Å². The highest BCUT2D eigenvalue weighted by molar-refractivity contribution is 5.72. The van der Waals surface area contributed by atoms with Crippen molar-refractivity contribution in [2.24, 2.45) is 0 Å². The molecule has 0 aliphatic carbocycles. The summed E-state index contributed by atoms with van der Waals surface area (Å²) < 4.78 is 17.3. The molecule has 0 aromatic carbocycles. The molecule has 54 heavy (non-hydrogen) atoms. The first-order valence-electron chi connectivity index (χ1n) is 22.7. The summed E-state index contributed by atoms with van der Waals surface area (Å²) in [6.45, 7) is 4.75. The zero-order chi connectivity index (χ0) is 40.0. The topological polar surface area (TPSA) is 99.1 Å². The summed E-state index contributed by atoms with van der Waals surface area (Å²) in [5, 5.41) is 9.61. The molecule has 8 nitrogen and oxygen atoms in total. The van der Waals surface area contributed by atoms with Crippen molar-refractivity contribution in [2.45, 2.75) is 225 Å². The Morgan fingerprint density at radius 2 is 0.926 bits per heavy atom. The molecule has 2 unspecified atom stereocenters. The van der Waals surface area contributed by atoms with E-state index in [0.717, 1.165) is 38.5 Å². The van der Waals surface area contributed by atoms with Crippen LogP contribution in [0.3, 0.4) is 0 Å². The molecule has 0 fully saturated rings. The van der Waals surface area contributed by atoms with Crippen molar-refractivity contribution in [3.63, 3.8) is 0 Å². The van der Waals surface area contributed by atoms with E-state index in [0.29, 0.717) is 19.3 Å². The molecule has 0 spiro atoms. The second-order valence-corrected chi connectivity index (χ2v) is 16.7. The minimum absolute atomic E-state index is 0.0475. The van der Waals surface area contributed by atoms with Crippen LogP contribution in [0.15, 0.2) is 12.2 Å². The number of aliphatic carboxylic acids is 1. The van der Waals surface area contributed by atoms with Crippen LogP contribution in [0.4, 0.5) is 0 Å². The molecular weight excluding hydrogens is 679 g/mol. The zero-order valence-electron chi connectivity index (χ0n) is 36.2. The molecule has 0 saturated carbocycles. The number of quaternary nitrogens is 1. The van der Waals surface area contributed by atoms with Crippen LogP contribution in [0, 0.1) is 0 Å². The second kappa shape index (κ2) is 38.0. The summed E-state index contributed by atoms with van der Waals surface area (Å²) in [7, 11) is 5.53. The third kappa shape index (κ3) is 35.8. The number of hydrogen-bond acceptors (Lipinski definition) is 6. The molecule has 0 bridgehead atoms. The fourth-order valence-electron chi connectivity index (χ4n) is 6.85. The van der Waals surface area contributed by atoms with Crippen LogP contribution in [0.5, 0.6) is 0 Å². The standard InChI is InChI=1S/C46H87NO7/c1-6-8-10-12-14-16-18-19-20-21-22-23-24-25-27-28-30-32-34-36-44(48)53-41-42(40-52-39-38-43(46(50)51)47(3,4)5)54-45(49)37-35-33-31-29-26-17-15-13-11-9-7-2/h21-22,42-43H,6-20,23-41H2,1-5H3/p+1/b22-21+. The molecule has 0 amide bonds. The largest absolute Gasteiger partial charge is 0.477 e. The fraction of sp³-hybridized carbons (Fsp3) is 0.891. The van der Waals surface area contributed by atoms with E-state index in [1.807, 2.05) is 21.1 Å². The number of nitrogens with zero attached hydrogens (tertiary/aromatic N) is 1.